The van der Waals surface area contributed by atoms with Gasteiger partial charge in [0.15, 0.2) is 5.00 Å². The fourth-order valence-electron chi connectivity index (χ4n) is 1.35. The first-order chi connectivity index (χ1) is 8.41. The van der Waals surface area contributed by atoms with E-state index in [1.54, 1.807) is 17.8 Å². The molecule has 0 amide bonds. The van der Waals surface area contributed by atoms with Crippen LogP contribution >= 0.6 is 56.5 Å². The zero-order valence-corrected chi connectivity index (χ0v) is 14.1. The van der Waals surface area contributed by atoms with Crippen LogP contribution in [0.3, 0.4) is 0 Å². The number of imidazole rings is 1. The summed E-state index contributed by atoms with van der Waals surface area (Å²) in [6.07, 6.45) is 0.830. The maximum Gasteiger partial charge on any atom is 0.304 e. The van der Waals surface area contributed by atoms with Gasteiger partial charge in [0.25, 0.3) is 0 Å². The number of hydrogen-bond acceptors (Lipinski definition) is 5. The Balaban J connectivity index is 2.62. The standard InChI is InChI=1S/C9H7I2N3O3S/c1-4(15)6-2-5(14(16)17)9(18-6)13-3-12-7(10)8(13)11/h2-4,15H,1H3. The van der Waals surface area contributed by atoms with Gasteiger partial charge in [-0.3, -0.25) is 14.7 Å². The number of hydrogen-bond donors (Lipinski definition) is 1. The number of aliphatic hydroxyl groups excluding tert-OH is 1. The van der Waals surface area contributed by atoms with Crippen molar-refractivity contribution in [3.05, 3.63) is 34.8 Å². The topological polar surface area (TPSA) is 81.2 Å². The van der Waals surface area contributed by atoms with Gasteiger partial charge in [-0.1, -0.05) is 0 Å². The monoisotopic (exact) mass is 491 g/mol. The second-order valence-corrected chi connectivity index (χ2v) is 6.57. The average molecular weight is 491 g/mol. The minimum absolute atomic E-state index is 0.0115. The second kappa shape index (κ2) is 5.38. The van der Waals surface area contributed by atoms with E-state index in [1.165, 1.54) is 17.4 Å². The van der Waals surface area contributed by atoms with E-state index in [9.17, 15) is 15.2 Å². The van der Waals surface area contributed by atoms with Crippen LogP contribution < -0.4 is 0 Å². The Bertz CT molecular complexity index is 608. The van der Waals surface area contributed by atoms with E-state index in [1.807, 2.05) is 0 Å². The molecule has 6 nitrogen and oxygen atoms in total. The summed E-state index contributed by atoms with van der Waals surface area (Å²) >= 11 is 5.35. The van der Waals surface area contributed by atoms with Crippen LogP contribution in [-0.4, -0.2) is 19.6 Å². The van der Waals surface area contributed by atoms with Crippen LogP contribution in [0.4, 0.5) is 5.69 Å². The van der Waals surface area contributed by atoms with Gasteiger partial charge in [0.05, 0.1) is 11.0 Å². The molecule has 2 rings (SSSR count). The van der Waals surface area contributed by atoms with Crippen LogP contribution in [0.25, 0.3) is 5.00 Å². The number of halogens is 2. The van der Waals surface area contributed by atoms with Crippen molar-refractivity contribution < 1.29 is 10.0 Å². The van der Waals surface area contributed by atoms with Crippen LogP contribution in [0.2, 0.25) is 0 Å². The van der Waals surface area contributed by atoms with Gasteiger partial charge in [-0.25, -0.2) is 4.98 Å². The van der Waals surface area contributed by atoms with E-state index < -0.39 is 11.0 Å². The van der Waals surface area contributed by atoms with Gasteiger partial charge in [-0.05, 0) is 52.1 Å². The van der Waals surface area contributed by atoms with Gasteiger partial charge in [-0.15, -0.1) is 11.3 Å². The largest absolute Gasteiger partial charge is 0.388 e. The molecule has 0 fully saturated rings. The maximum absolute atomic E-state index is 11.0. The molecular formula is C9H7I2N3O3S. The first-order valence-corrected chi connectivity index (χ1v) is 7.74. The van der Waals surface area contributed by atoms with Crippen molar-refractivity contribution >= 4 is 62.2 Å². The van der Waals surface area contributed by atoms with E-state index in [0.29, 0.717) is 9.88 Å². The molecule has 0 aliphatic rings. The smallest absolute Gasteiger partial charge is 0.304 e. The molecule has 1 atom stereocenters. The van der Waals surface area contributed by atoms with Crippen molar-refractivity contribution in [2.45, 2.75) is 13.0 Å². The Morgan fingerprint density at radius 1 is 1.61 bits per heavy atom. The number of aromatic nitrogens is 2. The Hall–Kier alpha value is -0.270. The molecule has 0 spiro atoms. The van der Waals surface area contributed by atoms with E-state index in [2.05, 4.69) is 50.2 Å². The van der Waals surface area contributed by atoms with Gasteiger partial charge in [0.1, 0.15) is 13.7 Å². The number of aliphatic hydroxyl groups is 1. The highest BCUT2D eigenvalue weighted by atomic mass is 127. The van der Waals surface area contributed by atoms with Gasteiger partial charge < -0.3 is 5.11 Å². The quantitative estimate of drug-likeness (QED) is 0.407. The molecule has 1 unspecified atom stereocenters. The molecule has 0 radical (unpaired) electrons. The fraction of sp³-hybridized carbons (Fsp3) is 0.222. The minimum Gasteiger partial charge on any atom is -0.388 e. The summed E-state index contributed by atoms with van der Waals surface area (Å²) in [5.41, 5.74) is -0.0115. The Labute approximate surface area is 133 Å². The van der Waals surface area contributed by atoms with Gasteiger partial charge in [0, 0.05) is 10.9 Å². The summed E-state index contributed by atoms with van der Waals surface area (Å²) in [6.45, 7) is 1.59. The summed E-state index contributed by atoms with van der Waals surface area (Å²) in [5, 5.41) is 21.0. The third-order valence-corrected chi connectivity index (χ3v) is 6.35. The number of thiophene rings is 1. The fourth-order valence-corrected chi connectivity index (χ4v) is 3.44. The molecule has 0 saturated heterocycles. The number of rotatable bonds is 3. The maximum atomic E-state index is 11.0. The molecule has 0 aromatic carbocycles. The molecule has 2 aromatic rings. The molecule has 0 bridgehead atoms. The molecule has 0 aliphatic carbocycles. The van der Waals surface area contributed by atoms with Crippen molar-refractivity contribution in [2.75, 3.05) is 0 Å². The molecule has 1 N–H and O–H groups in total. The zero-order chi connectivity index (χ0) is 13.4. The van der Waals surface area contributed by atoms with Crippen molar-refractivity contribution in [3.63, 3.8) is 0 Å². The van der Waals surface area contributed by atoms with E-state index in [-0.39, 0.29) is 5.69 Å². The molecule has 2 aromatic heterocycles. The molecule has 18 heavy (non-hydrogen) atoms. The predicted molar refractivity (Wildman–Crippen MR) is 84.2 cm³/mol. The first-order valence-electron chi connectivity index (χ1n) is 4.76. The van der Waals surface area contributed by atoms with E-state index in [0.717, 1.165) is 7.40 Å². The molecular weight excluding hydrogens is 484 g/mol. The number of nitro groups is 1. The highest BCUT2D eigenvalue weighted by molar-refractivity contribution is 14.1. The van der Waals surface area contributed by atoms with Gasteiger partial charge in [0.2, 0.25) is 0 Å². The molecule has 2 heterocycles. The molecule has 0 saturated carbocycles. The lowest BCUT2D eigenvalue weighted by Gasteiger charge is -2.00. The van der Waals surface area contributed by atoms with Gasteiger partial charge >= 0.3 is 5.69 Å². The Morgan fingerprint density at radius 3 is 2.72 bits per heavy atom. The Kier molecular flexibility index (Phi) is 4.23. The van der Waals surface area contributed by atoms with Crippen LogP contribution in [0.15, 0.2) is 12.4 Å². The van der Waals surface area contributed by atoms with Crippen molar-refractivity contribution in [3.8, 4) is 5.00 Å². The molecule has 0 aliphatic heterocycles. The summed E-state index contributed by atoms with van der Waals surface area (Å²) in [7, 11) is 0. The second-order valence-electron chi connectivity index (χ2n) is 3.47. The lowest BCUT2D eigenvalue weighted by molar-refractivity contribution is -0.384. The summed E-state index contributed by atoms with van der Waals surface area (Å²) in [4.78, 5) is 15.3. The first kappa shape index (κ1) is 14.1. The molecule has 96 valence electrons. The lowest BCUT2D eigenvalue weighted by Crippen LogP contribution is -1.96. The molecule has 9 heteroatoms. The van der Waals surface area contributed by atoms with Crippen molar-refractivity contribution in [1.29, 1.82) is 0 Å². The normalized spacial score (nSPS) is 12.7. The van der Waals surface area contributed by atoms with Crippen LogP contribution in [0.1, 0.15) is 17.9 Å². The zero-order valence-electron chi connectivity index (χ0n) is 9.00. The summed E-state index contributed by atoms with van der Waals surface area (Å²) in [5.74, 6) is 0. The van der Waals surface area contributed by atoms with Gasteiger partial charge in [-0.2, -0.15) is 0 Å². The highest BCUT2D eigenvalue weighted by Crippen LogP contribution is 2.37. The minimum atomic E-state index is -0.720. The summed E-state index contributed by atoms with van der Waals surface area (Å²) in [6, 6.07) is 1.41. The lowest BCUT2D eigenvalue weighted by atomic mass is 10.3. The van der Waals surface area contributed by atoms with E-state index in [4.69, 9.17) is 0 Å². The third-order valence-electron chi connectivity index (χ3n) is 2.21. The van der Waals surface area contributed by atoms with Crippen molar-refractivity contribution in [1.82, 2.24) is 9.55 Å². The highest BCUT2D eigenvalue weighted by Gasteiger charge is 2.24. The predicted octanol–water partition coefficient (Wildman–Crippen LogP) is 3.10. The Morgan fingerprint density at radius 2 is 2.28 bits per heavy atom. The van der Waals surface area contributed by atoms with Crippen LogP contribution in [0.5, 0.6) is 0 Å². The van der Waals surface area contributed by atoms with Crippen molar-refractivity contribution in [2.24, 2.45) is 0 Å². The number of nitrogens with zero attached hydrogens (tertiary/aromatic N) is 3. The van der Waals surface area contributed by atoms with E-state index >= 15 is 0 Å². The average Bonchev–Trinajstić information content (AvgIpc) is 2.85. The third kappa shape index (κ3) is 2.53. The SMILES string of the molecule is CC(O)c1cc([N+](=O)[O-])c(-n2cnc(I)c2I)s1. The summed E-state index contributed by atoms with van der Waals surface area (Å²) < 4.78 is 3.27. The van der Waals surface area contributed by atoms with Crippen LogP contribution in [0, 0.1) is 17.5 Å². The van der Waals surface area contributed by atoms with Crippen LogP contribution in [-0.2, 0) is 0 Å².